The summed E-state index contributed by atoms with van der Waals surface area (Å²) in [5.74, 6) is 0.168. The van der Waals surface area contributed by atoms with Crippen LogP contribution in [-0.2, 0) is 11.2 Å². The Morgan fingerprint density at radius 3 is 2.81 bits per heavy atom. The predicted octanol–water partition coefficient (Wildman–Crippen LogP) is 4.22. The lowest BCUT2D eigenvalue weighted by Crippen LogP contribution is -2.05. The molecular formula is C13H12Cl2O. The van der Waals surface area contributed by atoms with Gasteiger partial charge in [-0.2, -0.15) is 0 Å². The molecule has 1 aromatic rings. The van der Waals surface area contributed by atoms with Crippen molar-refractivity contribution in [3.05, 3.63) is 45.5 Å². The molecule has 0 heterocycles. The van der Waals surface area contributed by atoms with Crippen LogP contribution in [0.15, 0.2) is 29.8 Å². The summed E-state index contributed by atoms with van der Waals surface area (Å²) in [7, 11) is 0. The molecule has 0 aliphatic heterocycles. The molecule has 0 unspecified atom stereocenters. The number of Topliss-reactive ketones (excluding diaryl/α,β-unsaturated/α-hetero) is 1. The van der Waals surface area contributed by atoms with Crippen LogP contribution in [0, 0.1) is 0 Å². The summed E-state index contributed by atoms with van der Waals surface area (Å²) in [5, 5.41) is 1.23. The van der Waals surface area contributed by atoms with Crippen molar-refractivity contribution in [1.29, 1.82) is 0 Å². The van der Waals surface area contributed by atoms with E-state index in [4.69, 9.17) is 23.2 Å². The number of benzene rings is 1. The minimum atomic E-state index is 0.168. The molecule has 0 amide bonds. The molecule has 2 rings (SSSR count). The van der Waals surface area contributed by atoms with Crippen LogP contribution < -0.4 is 0 Å². The number of hydrogen-bond donors (Lipinski definition) is 0. The lowest BCUT2D eigenvalue weighted by molar-refractivity contribution is -0.115. The minimum absolute atomic E-state index is 0.168. The normalized spacial score (nSPS) is 15.0. The summed E-state index contributed by atoms with van der Waals surface area (Å²) in [6.45, 7) is 0. The third-order valence-corrected chi connectivity index (χ3v) is 3.36. The largest absolute Gasteiger partial charge is 0.294 e. The monoisotopic (exact) mass is 254 g/mol. The fourth-order valence-electron chi connectivity index (χ4n) is 1.89. The van der Waals surface area contributed by atoms with Gasteiger partial charge in [0, 0.05) is 16.5 Å². The molecule has 0 fully saturated rings. The molecule has 1 nitrogen and oxygen atoms in total. The minimum Gasteiger partial charge on any atom is -0.294 e. The molecule has 84 valence electrons. The van der Waals surface area contributed by atoms with Gasteiger partial charge in [-0.05, 0) is 48.6 Å². The van der Waals surface area contributed by atoms with Crippen molar-refractivity contribution < 1.29 is 4.79 Å². The van der Waals surface area contributed by atoms with E-state index >= 15 is 0 Å². The lowest BCUT2D eigenvalue weighted by Gasteiger charge is -2.05. The van der Waals surface area contributed by atoms with Crippen LogP contribution in [0.3, 0.4) is 0 Å². The van der Waals surface area contributed by atoms with Crippen molar-refractivity contribution in [1.82, 2.24) is 0 Å². The van der Waals surface area contributed by atoms with Gasteiger partial charge >= 0.3 is 0 Å². The smallest absolute Gasteiger partial charge is 0.162 e. The predicted molar refractivity (Wildman–Crippen MR) is 67.1 cm³/mol. The van der Waals surface area contributed by atoms with E-state index in [1.54, 1.807) is 18.2 Å². The number of carbonyl (C=O) groups is 1. The highest BCUT2D eigenvalue weighted by Gasteiger charge is 2.15. The van der Waals surface area contributed by atoms with Crippen LogP contribution in [0.25, 0.3) is 0 Å². The van der Waals surface area contributed by atoms with Gasteiger partial charge in [0.25, 0.3) is 0 Å². The molecule has 0 bridgehead atoms. The second-order valence-electron chi connectivity index (χ2n) is 3.96. The highest BCUT2D eigenvalue weighted by Crippen LogP contribution is 2.24. The summed E-state index contributed by atoms with van der Waals surface area (Å²) >= 11 is 11.9. The number of hydrogen-bond acceptors (Lipinski definition) is 1. The molecule has 0 aromatic heterocycles. The van der Waals surface area contributed by atoms with E-state index in [0.29, 0.717) is 16.5 Å². The van der Waals surface area contributed by atoms with Gasteiger partial charge in [0.1, 0.15) is 0 Å². The molecule has 1 aromatic carbocycles. The number of allylic oxidation sites excluding steroid dienone is 2. The van der Waals surface area contributed by atoms with Crippen LogP contribution in [0.2, 0.25) is 10.0 Å². The quantitative estimate of drug-likeness (QED) is 0.790. The summed E-state index contributed by atoms with van der Waals surface area (Å²) in [5.41, 5.74) is 1.75. The Balaban J connectivity index is 2.14. The average Bonchev–Trinajstić information content (AvgIpc) is 2.76. The van der Waals surface area contributed by atoms with Crippen LogP contribution in [0.4, 0.5) is 0 Å². The Morgan fingerprint density at radius 1 is 1.31 bits per heavy atom. The Kier molecular flexibility index (Phi) is 3.67. The zero-order valence-corrected chi connectivity index (χ0v) is 10.3. The van der Waals surface area contributed by atoms with Crippen molar-refractivity contribution >= 4 is 29.0 Å². The molecular weight excluding hydrogens is 243 g/mol. The Bertz CT molecular complexity index is 449. The van der Waals surface area contributed by atoms with E-state index in [1.165, 1.54) is 0 Å². The van der Waals surface area contributed by atoms with Crippen molar-refractivity contribution in [2.75, 3.05) is 0 Å². The van der Waals surface area contributed by atoms with Crippen LogP contribution in [0.5, 0.6) is 0 Å². The lowest BCUT2D eigenvalue weighted by atomic mass is 10.0. The zero-order valence-electron chi connectivity index (χ0n) is 8.80. The summed E-state index contributed by atoms with van der Waals surface area (Å²) in [4.78, 5) is 11.9. The number of rotatable bonds is 3. The molecule has 16 heavy (non-hydrogen) atoms. The topological polar surface area (TPSA) is 17.1 Å². The highest BCUT2D eigenvalue weighted by molar-refractivity contribution is 6.33. The van der Waals surface area contributed by atoms with E-state index in [1.807, 2.05) is 6.08 Å². The van der Waals surface area contributed by atoms with E-state index in [0.717, 1.165) is 30.4 Å². The molecule has 1 aliphatic carbocycles. The maximum absolute atomic E-state index is 11.9. The average molecular weight is 255 g/mol. The Hall–Kier alpha value is -0.790. The Morgan fingerprint density at radius 2 is 2.12 bits per heavy atom. The van der Waals surface area contributed by atoms with Crippen molar-refractivity contribution in [3.8, 4) is 0 Å². The molecule has 0 saturated carbocycles. The van der Waals surface area contributed by atoms with E-state index in [9.17, 15) is 4.79 Å². The van der Waals surface area contributed by atoms with E-state index in [-0.39, 0.29) is 5.78 Å². The Labute approximate surface area is 105 Å². The second kappa shape index (κ2) is 5.03. The number of carbonyl (C=O) groups excluding carboxylic acids is 1. The second-order valence-corrected chi connectivity index (χ2v) is 4.80. The van der Waals surface area contributed by atoms with E-state index < -0.39 is 0 Å². The molecule has 0 saturated heterocycles. The first-order valence-electron chi connectivity index (χ1n) is 5.33. The maximum Gasteiger partial charge on any atom is 0.162 e. The summed E-state index contributed by atoms with van der Waals surface area (Å²) < 4.78 is 0. The molecule has 0 atom stereocenters. The molecule has 0 spiro atoms. The summed E-state index contributed by atoms with van der Waals surface area (Å²) in [6.07, 6.45) is 5.39. The molecule has 0 N–H and O–H groups in total. The van der Waals surface area contributed by atoms with Crippen LogP contribution in [0.1, 0.15) is 24.8 Å². The van der Waals surface area contributed by atoms with Gasteiger partial charge < -0.3 is 0 Å². The summed E-state index contributed by atoms with van der Waals surface area (Å²) in [6, 6.07) is 5.22. The van der Waals surface area contributed by atoms with Gasteiger partial charge in [0.2, 0.25) is 0 Å². The first kappa shape index (κ1) is 11.7. The SMILES string of the molecule is O=C(Cc1cc(Cl)ccc1Cl)C1=CCCC1. The molecule has 3 heteroatoms. The highest BCUT2D eigenvalue weighted by atomic mass is 35.5. The number of halogens is 2. The molecule has 1 aliphatic rings. The van der Waals surface area contributed by atoms with Crippen LogP contribution >= 0.6 is 23.2 Å². The van der Waals surface area contributed by atoms with Gasteiger partial charge in [-0.25, -0.2) is 0 Å². The van der Waals surface area contributed by atoms with Crippen molar-refractivity contribution in [2.45, 2.75) is 25.7 Å². The van der Waals surface area contributed by atoms with E-state index in [2.05, 4.69) is 0 Å². The first-order valence-corrected chi connectivity index (χ1v) is 6.08. The maximum atomic E-state index is 11.9. The fraction of sp³-hybridized carbons (Fsp3) is 0.308. The molecule has 0 radical (unpaired) electrons. The fourth-order valence-corrected chi connectivity index (χ4v) is 2.27. The third-order valence-electron chi connectivity index (χ3n) is 2.76. The van der Waals surface area contributed by atoms with Crippen LogP contribution in [-0.4, -0.2) is 5.78 Å². The van der Waals surface area contributed by atoms with Gasteiger partial charge in [-0.15, -0.1) is 0 Å². The first-order chi connectivity index (χ1) is 7.66. The van der Waals surface area contributed by atoms with Gasteiger partial charge in [-0.1, -0.05) is 29.3 Å². The number of ketones is 1. The van der Waals surface area contributed by atoms with Crippen molar-refractivity contribution in [2.24, 2.45) is 0 Å². The van der Waals surface area contributed by atoms with Gasteiger partial charge in [0.05, 0.1) is 0 Å². The van der Waals surface area contributed by atoms with Crippen molar-refractivity contribution in [3.63, 3.8) is 0 Å². The standard InChI is InChI=1S/C13H12Cl2O/c14-11-5-6-12(15)10(7-11)8-13(16)9-3-1-2-4-9/h3,5-7H,1-2,4,8H2. The van der Waals surface area contributed by atoms with Gasteiger partial charge in [0.15, 0.2) is 5.78 Å². The van der Waals surface area contributed by atoms with Gasteiger partial charge in [-0.3, -0.25) is 4.79 Å². The third kappa shape index (κ3) is 2.66. The zero-order chi connectivity index (χ0) is 11.5.